The van der Waals surface area contributed by atoms with Crippen LogP contribution >= 0.6 is 12.4 Å². The fraction of sp³-hybridized carbons (Fsp3) is 0.846. The van der Waals surface area contributed by atoms with E-state index in [-0.39, 0.29) is 12.4 Å². The minimum Gasteiger partial charge on any atom is -0.464 e. The SMILES string of the molecule is CCCCCOC(=O)C(N)C(=O)OCCCCC.Cl. The lowest BCUT2D eigenvalue weighted by molar-refractivity contribution is -0.157. The number of carbonyl (C=O) groups is 2. The van der Waals surface area contributed by atoms with Crippen molar-refractivity contribution in [2.75, 3.05) is 13.2 Å². The zero-order valence-corrected chi connectivity index (χ0v) is 12.7. The van der Waals surface area contributed by atoms with Crippen LogP contribution in [0.15, 0.2) is 0 Å². The zero-order chi connectivity index (χ0) is 13.8. The van der Waals surface area contributed by atoms with E-state index in [4.69, 9.17) is 15.2 Å². The molecule has 0 amide bonds. The van der Waals surface area contributed by atoms with Gasteiger partial charge in [0.05, 0.1) is 13.2 Å². The highest BCUT2D eigenvalue weighted by atomic mass is 35.5. The maximum Gasteiger partial charge on any atom is 0.334 e. The molecule has 0 atom stereocenters. The molecular weight excluding hydrogens is 270 g/mol. The van der Waals surface area contributed by atoms with Gasteiger partial charge in [0.2, 0.25) is 6.04 Å². The quantitative estimate of drug-likeness (QED) is 0.380. The van der Waals surface area contributed by atoms with Gasteiger partial charge >= 0.3 is 11.9 Å². The molecule has 0 rings (SSSR count). The standard InChI is InChI=1S/C13H25NO4.ClH/c1-3-5-7-9-17-12(15)11(14)13(16)18-10-8-6-4-2;/h11H,3-10,14H2,1-2H3;1H. The summed E-state index contributed by atoms with van der Waals surface area (Å²) in [5.41, 5.74) is 5.44. The molecule has 5 nitrogen and oxygen atoms in total. The van der Waals surface area contributed by atoms with Crippen LogP contribution in [0.4, 0.5) is 0 Å². The molecule has 0 saturated heterocycles. The average Bonchev–Trinajstić information content (AvgIpc) is 2.38. The fourth-order valence-electron chi connectivity index (χ4n) is 1.33. The molecule has 0 spiro atoms. The monoisotopic (exact) mass is 295 g/mol. The van der Waals surface area contributed by atoms with E-state index in [1.807, 2.05) is 0 Å². The second-order valence-electron chi connectivity index (χ2n) is 4.23. The van der Waals surface area contributed by atoms with E-state index in [1.165, 1.54) is 0 Å². The van der Waals surface area contributed by atoms with Gasteiger partial charge in [0.15, 0.2) is 0 Å². The van der Waals surface area contributed by atoms with Crippen molar-refractivity contribution in [1.82, 2.24) is 0 Å². The summed E-state index contributed by atoms with van der Waals surface area (Å²) in [4.78, 5) is 22.8. The van der Waals surface area contributed by atoms with E-state index in [2.05, 4.69) is 13.8 Å². The smallest absolute Gasteiger partial charge is 0.334 e. The van der Waals surface area contributed by atoms with Crippen LogP contribution in [0.1, 0.15) is 52.4 Å². The summed E-state index contributed by atoms with van der Waals surface area (Å²) in [6.07, 6.45) is 5.65. The maximum absolute atomic E-state index is 11.4. The van der Waals surface area contributed by atoms with Gasteiger partial charge in [-0.3, -0.25) is 0 Å². The molecule has 0 aliphatic rings. The van der Waals surface area contributed by atoms with E-state index in [1.54, 1.807) is 0 Å². The predicted octanol–water partition coefficient (Wildman–Crippen LogP) is 2.20. The van der Waals surface area contributed by atoms with Crippen molar-refractivity contribution in [3.8, 4) is 0 Å². The molecule has 0 fully saturated rings. The highest BCUT2D eigenvalue weighted by Gasteiger charge is 2.24. The van der Waals surface area contributed by atoms with Crippen LogP contribution in [0.5, 0.6) is 0 Å². The Balaban J connectivity index is 0. The lowest BCUT2D eigenvalue weighted by Gasteiger charge is -2.11. The lowest BCUT2D eigenvalue weighted by atomic mass is 10.2. The molecule has 0 aliphatic heterocycles. The van der Waals surface area contributed by atoms with Crippen molar-refractivity contribution in [2.45, 2.75) is 58.4 Å². The molecular formula is C13H26ClNO4. The van der Waals surface area contributed by atoms with Gasteiger partial charge in [-0.1, -0.05) is 39.5 Å². The molecule has 0 aromatic heterocycles. The number of nitrogens with two attached hydrogens (primary N) is 1. The van der Waals surface area contributed by atoms with Crippen LogP contribution in [-0.2, 0) is 19.1 Å². The topological polar surface area (TPSA) is 78.6 Å². The molecule has 2 N–H and O–H groups in total. The first kappa shape index (κ1) is 20.5. The Kier molecular flexibility index (Phi) is 14.7. The van der Waals surface area contributed by atoms with E-state index < -0.39 is 18.0 Å². The molecule has 0 aromatic carbocycles. The third-order valence-electron chi connectivity index (χ3n) is 2.49. The summed E-state index contributed by atoms with van der Waals surface area (Å²) in [6.45, 7) is 4.73. The van der Waals surface area contributed by atoms with Gasteiger partial charge in [-0.25, -0.2) is 9.59 Å². The first-order valence-electron chi connectivity index (χ1n) is 6.72. The van der Waals surface area contributed by atoms with Crippen LogP contribution < -0.4 is 5.73 Å². The number of ether oxygens (including phenoxy) is 2. The van der Waals surface area contributed by atoms with E-state index in [0.717, 1.165) is 38.5 Å². The van der Waals surface area contributed by atoms with Gasteiger partial charge in [-0.05, 0) is 12.8 Å². The third kappa shape index (κ3) is 10.8. The zero-order valence-electron chi connectivity index (χ0n) is 11.9. The Hall–Kier alpha value is -0.810. The Morgan fingerprint density at radius 1 is 0.895 bits per heavy atom. The number of rotatable bonds is 10. The summed E-state index contributed by atoms with van der Waals surface area (Å²) in [6, 6.07) is -1.31. The molecule has 114 valence electrons. The lowest BCUT2D eigenvalue weighted by Crippen LogP contribution is -2.41. The first-order chi connectivity index (χ1) is 8.63. The maximum atomic E-state index is 11.4. The molecule has 0 saturated carbocycles. The minimum atomic E-state index is -1.31. The van der Waals surface area contributed by atoms with Crippen LogP contribution in [0.25, 0.3) is 0 Å². The predicted molar refractivity (Wildman–Crippen MR) is 76.2 cm³/mol. The van der Waals surface area contributed by atoms with Crippen LogP contribution in [0, 0.1) is 0 Å². The Morgan fingerprint density at radius 3 is 1.58 bits per heavy atom. The highest BCUT2D eigenvalue weighted by molar-refractivity contribution is 5.98. The van der Waals surface area contributed by atoms with Gasteiger partial charge in [-0.2, -0.15) is 0 Å². The van der Waals surface area contributed by atoms with Crippen molar-refractivity contribution in [2.24, 2.45) is 5.73 Å². The summed E-state index contributed by atoms with van der Waals surface area (Å²) in [5, 5.41) is 0. The number of hydrogen-bond acceptors (Lipinski definition) is 5. The summed E-state index contributed by atoms with van der Waals surface area (Å²) >= 11 is 0. The van der Waals surface area contributed by atoms with Crippen LogP contribution in [0.2, 0.25) is 0 Å². The Morgan fingerprint density at radius 2 is 1.26 bits per heavy atom. The van der Waals surface area contributed by atoms with Crippen LogP contribution in [-0.4, -0.2) is 31.2 Å². The van der Waals surface area contributed by atoms with Gasteiger partial charge in [0.1, 0.15) is 0 Å². The van der Waals surface area contributed by atoms with Crippen LogP contribution in [0.3, 0.4) is 0 Å². The highest BCUT2D eigenvalue weighted by Crippen LogP contribution is 1.99. The van der Waals surface area contributed by atoms with Crippen molar-refractivity contribution in [3.63, 3.8) is 0 Å². The molecule has 0 aliphatic carbocycles. The summed E-state index contributed by atoms with van der Waals surface area (Å²) in [7, 11) is 0. The number of esters is 2. The molecule has 19 heavy (non-hydrogen) atoms. The average molecular weight is 296 g/mol. The molecule has 6 heteroatoms. The molecule has 0 aromatic rings. The van der Waals surface area contributed by atoms with E-state index in [9.17, 15) is 9.59 Å². The number of carbonyl (C=O) groups excluding carboxylic acids is 2. The number of unbranched alkanes of at least 4 members (excludes halogenated alkanes) is 4. The van der Waals surface area contributed by atoms with Gasteiger partial charge in [0, 0.05) is 0 Å². The largest absolute Gasteiger partial charge is 0.464 e. The second-order valence-corrected chi connectivity index (χ2v) is 4.23. The fourth-order valence-corrected chi connectivity index (χ4v) is 1.33. The Labute approximate surface area is 121 Å². The molecule has 0 unspecified atom stereocenters. The van der Waals surface area contributed by atoms with Gasteiger partial charge in [0.25, 0.3) is 0 Å². The van der Waals surface area contributed by atoms with Crippen molar-refractivity contribution in [1.29, 1.82) is 0 Å². The molecule has 0 heterocycles. The number of halogens is 1. The second kappa shape index (κ2) is 13.6. The minimum absolute atomic E-state index is 0. The van der Waals surface area contributed by atoms with Crippen molar-refractivity contribution in [3.05, 3.63) is 0 Å². The van der Waals surface area contributed by atoms with Gasteiger partial charge in [-0.15, -0.1) is 12.4 Å². The normalized spacial score (nSPS) is 9.89. The summed E-state index contributed by atoms with van der Waals surface area (Å²) in [5.74, 6) is -1.40. The molecule has 0 bridgehead atoms. The van der Waals surface area contributed by atoms with Gasteiger partial charge < -0.3 is 15.2 Å². The summed E-state index contributed by atoms with van der Waals surface area (Å²) < 4.78 is 9.78. The molecule has 0 radical (unpaired) electrons. The Bertz CT molecular complexity index is 225. The van der Waals surface area contributed by atoms with Crippen molar-refractivity contribution >= 4 is 24.3 Å². The first-order valence-corrected chi connectivity index (χ1v) is 6.72. The van der Waals surface area contributed by atoms with Crippen molar-refractivity contribution < 1.29 is 19.1 Å². The third-order valence-corrected chi connectivity index (χ3v) is 2.49. The number of hydrogen-bond donors (Lipinski definition) is 1. The van der Waals surface area contributed by atoms with E-state index >= 15 is 0 Å². The van der Waals surface area contributed by atoms with E-state index in [0.29, 0.717) is 13.2 Å².